The Kier molecular flexibility index (Phi) is 3.22. The maximum atomic E-state index is 5.18. The molecule has 0 heterocycles. The molecule has 0 aromatic heterocycles. The van der Waals surface area contributed by atoms with E-state index in [1.807, 2.05) is 6.26 Å². The van der Waals surface area contributed by atoms with Gasteiger partial charge in [0.05, 0.1) is 0 Å². The van der Waals surface area contributed by atoms with Gasteiger partial charge in [0.15, 0.2) is 0 Å². The summed E-state index contributed by atoms with van der Waals surface area (Å²) in [6.45, 7) is 0. The van der Waals surface area contributed by atoms with Crippen molar-refractivity contribution in [2.75, 3.05) is 6.26 Å². The zero-order valence-electron chi connectivity index (χ0n) is 3.38. The van der Waals surface area contributed by atoms with E-state index >= 15 is 0 Å². The molecule has 0 aliphatic carbocycles. The van der Waals surface area contributed by atoms with E-state index in [2.05, 4.69) is 27.1 Å². The van der Waals surface area contributed by atoms with Gasteiger partial charge in [-0.25, -0.2) is 0 Å². The third-order valence-electron chi connectivity index (χ3n) is 0.319. The van der Waals surface area contributed by atoms with Crippen LogP contribution in [0.15, 0.2) is 0 Å². The average molecular weight is 188 g/mol. The first kappa shape index (κ1) is 6.76. The van der Waals surface area contributed by atoms with Crippen molar-refractivity contribution in [3.8, 4) is 0 Å². The molecule has 0 saturated heterocycles. The molecule has 0 aliphatic rings. The van der Waals surface area contributed by atoms with E-state index in [1.165, 1.54) is 0 Å². The van der Waals surface area contributed by atoms with E-state index < -0.39 is 0 Å². The molecule has 0 saturated carbocycles. The molecule has 1 nitrogen and oxygen atoms in total. The normalized spacial score (nSPS) is 16.7. The Morgan fingerprint density at radius 1 is 2.00 bits per heavy atom. The second kappa shape index (κ2) is 2.86. The first-order valence-electron chi connectivity index (χ1n) is 1.36. The second-order valence-electron chi connectivity index (χ2n) is 0.862. The van der Waals surface area contributed by atoms with Crippen LogP contribution in [0.3, 0.4) is 0 Å². The summed E-state index contributed by atoms with van der Waals surface area (Å²) in [7, 11) is -0.213. The number of rotatable bonds is 0. The van der Waals surface area contributed by atoms with E-state index in [0.717, 1.165) is 0 Å². The minimum atomic E-state index is -0.213. The molecule has 0 aliphatic heterocycles. The summed E-state index contributed by atoms with van der Waals surface area (Å²) >= 11 is 7.05. The van der Waals surface area contributed by atoms with Gasteiger partial charge < -0.3 is 0 Å². The second-order valence-corrected chi connectivity index (χ2v) is 6.91. The van der Waals surface area contributed by atoms with Crippen LogP contribution in [0, 0.1) is 0 Å². The fourth-order valence-electron chi connectivity index (χ4n) is 0. The van der Waals surface area contributed by atoms with Crippen LogP contribution in [0.4, 0.5) is 0 Å². The van der Waals surface area contributed by atoms with Crippen LogP contribution in [0.2, 0.25) is 0 Å². The van der Waals surface area contributed by atoms with E-state index in [-0.39, 0.29) is 9.31 Å². The van der Waals surface area contributed by atoms with Crippen molar-refractivity contribution >= 4 is 40.7 Å². The van der Waals surface area contributed by atoms with Gasteiger partial charge in [0.2, 0.25) is 0 Å². The van der Waals surface area contributed by atoms with E-state index in [4.69, 9.17) is 5.73 Å². The molecule has 0 aromatic rings. The van der Waals surface area contributed by atoms with Gasteiger partial charge in [-0.15, -0.1) is 0 Å². The summed E-state index contributed by atoms with van der Waals surface area (Å²) in [6, 6.07) is 0. The van der Waals surface area contributed by atoms with Gasteiger partial charge in [0.1, 0.15) is 0 Å². The Morgan fingerprint density at radius 3 is 2.17 bits per heavy atom. The number of hydrogen-bond acceptors (Lipinski definition) is 1. The average Bonchev–Trinajstić information content (AvgIpc) is 1.36. The molecule has 4 heteroatoms. The Labute approximate surface area is 52.9 Å². The molecule has 1 unspecified atom stereocenters. The molecule has 1 atom stereocenters. The fraction of sp³-hybridized carbons (Fsp3) is 0.500. The summed E-state index contributed by atoms with van der Waals surface area (Å²) in [5, 5.41) is 0. The van der Waals surface area contributed by atoms with Gasteiger partial charge >= 0.3 is 52.7 Å². The zero-order chi connectivity index (χ0) is 5.15. The van der Waals surface area contributed by atoms with Crippen LogP contribution in [-0.2, 0) is 0 Å². The van der Waals surface area contributed by atoms with Crippen LogP contribution in [0.5, 0.6) is 0 Å². The van der Waals surface area contributed by atoms with Gasteiger partial charge in [-0.2, -0.15) is 0 Å². The molecule has 0 radical (unpaired) electrons. The predicted molar refractivity (Wildman–Crippen MR) is 38.8 cm³/mol. The molecular formula is C2H7NS2Se. The summed E-state index contributed by atoms with van der Waals surface area (Å²) in [6.07, 6.45) is 2.01. The van der Waals surface area contributed by atoms with Crippen molar-refractivity contribution in [1.82, 2.24) is 0 Å². The van der Waals surface area contributed by atoms with Crippen molar-refractivity contribution < 1.29 is 0 Å². The Bertz CT molecular complexity index is 62.6. The molecule has 0 bridgehead atoms. The fourth-order valence-corrected chi connectivity index (χ4v) is 0. The monoisotopic (exact) mass is 189 g/mol. The first-order valence-corrected chi connectivity index (χ1v) is 6.03. The number of nitrogens with two attached hydrogens (primary N) is 1. The third kappa shape index (κ3) is 2.97. The number of thiol groups is 1. The third-order valence-corrected chi connectivity index (χ3v) is 4.02. The molecule has 0 spiro atoms. The quantitative estimate of drug-likeness (QED) is 0.309. The van der Waals surface area contributed by atoms with Gasteiger partial charge in [-0.05, 0) is 0 Å². The number of thiocarbonyl (C=S) groups is 1. The standard InChI is InChI=1S/C2H7NS2Se/c1-5(6)2(3)4/h5-6H,1H3,(H2,3,4). The van der Waals surface area contributed by atoms with Crippen molar-refractivity contribution in [2.45, 2.75) is 0 Å². The molecule has 0 fully saturated rings. The van der Waals surface area contributed by atoms with Gasteiger partial charge in [0.25, 0.3) is 0 Å². The topological polar surface area (TPSA) is 26.0 Å². The van der Waals surface area contributed by atoms with Crippen LogP contribution in [0.25, 0.3) is 0 Å². The Hall–Kier alpha value is 0.759. The first-order chi connectivity index (χ1) is 2.64. The predicted octanol–water partition coefficient (Wildman–Crippen LogP) is -0.323. The SMILES string of the molecule is C[SH]([SeH])C(N)=S. The summed E-state index contributed by atoms with van der Waals surface area (Å²) in [5.41, 5.74) is 5.18. The van der Waals surface area contributed by atoms with Gasteiger partial charge in [0, 0.05) is 0 Å². The van der Waals surface area contributed by atoms with Crippen molar-refractivity contribution in [1.29, 1.82) is 0 Å². The maximum absolute atomic E-state index is 5.18. The summed E-state index contributed by atoms with van der Waals surface area (Å²) in [4.78, 5) is 0. The van der Waals surface area contributed by atoms with Gasteiger partial charge in [-0.1, -0.05) is 0 Å². The number of hydrogen-bond donors (Lipinski definition) is 2. The Morgan fingerprint density at radius 2 is 2.17 bits per heavy atom. The van der Waals surface area contributed by atoms with E-state index in [9.17, 15) is 0 Å². The van der Waals surface area contributed by atoms with Crippen LogP contribution >= 0.6 is 21.5 Å². The minimum absolute atomic E-state index is 0.213. The summed E-state index contributed by atoms with van der Waals surface area (Å²) < 4.78 is 0.630. The molecule has 0 amide bonds. The van der Waals surface area contributed by atoms with Crippen molar-refractivity contribution in [2.24, 2.45) is 5.73 Å². The molecule has 0 aromatic carbocycles. The molecule has 2 N–H and O–H groups in total. The van der Waals surface area contributed by atoms with Crippen molar-refractivity contribution in [3.05, 3.63) is 0 Å². The Balaban J connectivity index is 3.26. The van der Waals surface area contributed by atoms with Crippen LogP contribution in [-0.4, -0.2) is 25.5 Å². The van der Waals surface area contributed by atoms with Gasteiger partial charge in [-0.3, -0.25) is 0 Å². The van der Waals surface area contributed by atoms with Crippen LogP contribution in [0.1, 0.15) is 0 Å². The van der Waals surface area contributed by atoms with Crippen molar-refractivity contribution in [3.63, 3.8) is 0 Å². The summed E-state index contributed by atoms with van der Waals surface area (Å²) in [5.74, 6) is 0. The molecule has 0 rings (SSSR count). The van der Waals surface area contributed by atoms with Crippen LogP contribution < -0.4 is 5.73 Å². The molecular weight excluding hydrogens is 181 g/mol. The van der Waals surface area contributed by atoms with E-state index in [0.29, 0.717) is 4.32 Å². The molecule has 6 heavy (non-hydrogen) atoms. The molecule has 38 valence electrons. The van der Waals surface area contributed by atoms with E-state index in [1.54, 1.807) is 0 Å². The zero-order valence-corrected chi connectivity index (χ0v) is 6.97.